The second kappa shape index (κ2) is 9.56. The van der Waals surface area contributed by atoms with Gasteiger partial charge in [0, 0.05) is 0 Å². The highest BCUT2D eigenvalue weighted by Gasteiger charge is 2.21. The van der Waals surface area contributed by atoms with Gasteiger partial charge in [-0.25, -0.2) is 4.68 Å². The molecular formula is C21H23N5O2S. The summed E-state index contributed by atoms with van der Waals surface area (Å²) in [4.78, 5) is 12.5. The Kier molecular flexibility index (Phi) is 6.41. The van der Waals surface area contributed by atoms with Gasteiger partial charge in [-0.1, -0.05) is 61.4 Å². The minimum absolute atomic E-state index is 0.127. The predicted molar refractivity (Wildman–Crippen MR) is 112 cm³/mol. The lowest BCUT2D eigenvalue weighted by Crippen LogP contribution is -2.17. The van der Waals surface area contributed by atoms with Crippen LogP contribution in [0.15, 0.2) is 59.8 Å². The Morgan fingerprint density at radius 1 is 1.07 bits per heavy atom. The van der Waals surface area contributed by atoms with Gasteiger partial charge in [0.05, 0.1) is 17.5 Å². The van der Waals surface area contributed by atoms with Gasteiger partial charge in [0.1, 0.15) is 5.75 Å². The molecule has 1 aliphatic carbocycles. The van der Waals surface area contributed by atoms with Crippen molar-refractivity contribution in [1.82, 2.24) is 20.2 Å². The normalized spacial score (nSPS) is 14.5. The number of carbonyl (C=O) groups is 1. The van der Waals surface area contributed by atoms with Crippen LogP contribution < -0.4 is 10.1 Å². The summed E-state index contributed by atoms with van der Waals surface area (Å²) in [5, 5.41) is 15.7. The molecule has 2 aromatic carbocycles. The summed E-state index contributed by atoms with van der Waals surface area (Å²) in [5.41, 5.74) is 0.633. The quantitative estimate of drug-likeness (QED) is 0.570. The van der Waals surface area contributed by atoms with Crippen LogP contribution in [0.3, 0.4) is 0 Å². The van der Waals surface area contributed by atoms with E-state index in [4.69, 9.17) is 4.74 Å². The molecule has 0 atom stereocenters. The van der Waals surface area contributed by atoms with Crippen LogP contribution in [0.4, 0.5) is 5.69 Å². The molecule has 29 heavy (non-hydrogen) atoms. The lowest BCUT2D eigenvalue weighted by Gasteiger charge is -2.21. The zero-order chi connectivity index (χ0) is 19.9. The van der Waals surface area contributed by atoms with Crippen molar-refractivity contribution in [1.29, 1.82) is 0 Å². The molecule has 8 heteroatoms. The molecule has 3 aromatic rings. The molecule has 1 heterocycles. The van der Waals surface area contributed by atoms with E-state index >= 15 is 0 Å². The van der Waals surface area contributed by atoms with Gasteiger partial charge in [0.15, 0.2) is 5.75 Å². The van der Waals surface area contributed by atoms with Crippen LogP contribution in [0.2, 0.25) is 0 Å². The first-order valence-electron chi connectivity index (χ1n) is 9.82. The molecule has 1 aliphatic rings. The van der Waals surface area contributed by atoms with E-state index in [0.29, 0.717) is 22.6 Å². The summed E-state index contributed by atoms with van der Waals surface area (Å²) in [7, 11) is 0. The van der Waals surface area contributed by atoms with Crippen LogP contribution >= 0.6 is 11.8 Å². The fraction of sp³-hybridized carbons (Fsp3) is 0.333. The standard InChI is InChI=1S/C21H23N5O2S/c27-20(15-29-21-23-24-25-26(21)16-9-3-1-4-10-16)22-18-13-7-8-14-19(18)28-17-11-5-2-6-12-17/h2,5-8,11-14,16H,1,3-4,9-10,15H2,(H,22,27). The Bertz CT molecular complexity index is 941. The summed E-state index contributed by atoms with van der Waals surface area (Å²) in [6, 6.07) is 17.2. The maximum atomic E-state index is 12.5. The van der Waals surface area contributed by atoms with E-state index in [2.05, 4.69) is 20.8 Å². The van der Waals surface area contributed by atoms with Crippen molar-refractivity contribution >= 4 is 23.4 Å². The van der Waals surface area contributed by atoms with Crippen LogP contribution in [-0.2, 0) is 4.79 Å². The van der Waals surface area contributed by atoms with E-state index in [1.165, 1.54) is 31.0 Å². The highest BCUT2D eigenvalue weighted by molar-refractivity contribution is 7.99. The molecule has 1 saturated carbocycles. The Morgan fingerprint density at radius 3 is 2.66 bits per heavy atom. The van der Waals surface area contributed by atoms with Gasteiger partial charge in [-0.3, -0.25) is 4.79 Å². The lowest BCUT2D eigenvalue weighted by atomic mass is 9.96. The summed E-state index contributed by atoms with van der Waals surface area (Å²) in [6.45, 7) is 0. The van der Waals surface area contributed by atoms with Crippen molar-refractivity contribution in [3.8, 4) is 11.5 Å². The van der Waals surface area contributed by atoms with Crippen molar-refractivity contribution in [2.45, 2.75) is 43.3 Å². The molecule has 0 bridgehead atoms. The summed E-state index contributed by atoms with van der Waals surface area (Å²) >= 11 is 1.36. The highest BCUT2D eigenvalue weighted by Crippen LogP contribution is 2.31. The van der Waals surface area contributed by atoms with Gasteiger partial charge in [0.2, 0.25) is 11.1 Å². The molecule has 1 aromatic heterocycles. The van der Waals surface area contributed by atoms with Crippen LogP contribution in [0.25, 0.3) is 0 Å². The monoisotopic (exact) mass is 409 g/mol. The maximum absolute atomic E-state index is 12.5. The molecule has 0 unspecified atom stereocenters. The summed E-state index contributed by atoms with van der Waals surface area (Å²) < 4.78 is 7.78. The van der Waals surface area contributed by atoms with E-state index < -0.39 is 0 Å². The van der Waals surface area contributed by atoms with Crippen molar-refractivity contribution in [2.24, 2.45) is 0 Å². The molecule has 4 rings (SSSR count). The third-order valence-electron chi connectivity index (χ3n) is 4.85. The van der Waals surface area contributed by atoms with E-state index in [0.717, 1.165) is 18.6 Å². The van der Waals surface area contributed by atoms with Crippen molar-refractivity contribution in [3.63, 3.8) is 0 Å². The molecule has 0 saturated heterocycles. The predicted octanol–water partition coefficient (Wildman–Crippen LogP) is 4.70. The molecule has 150 valence electrons. The van der Waals surface area contributed by atoms with E-state index in [1.54, 1.807) is 0 Å². The molecule has 1 N–H and O–H groups in total. The van der Waals surface area contributed by atoms with Crippen molar-refractivity contribution in [3.05, 3.63) is 54.6 Å². The number of nitrogens with one attached hydrogen (secondary N) is 1. The van der Waals surface area contributed by atoms with Gasteiger partial charge in [0.25, 0.3) is 0 Å². The molecule has 1 fully saturated rings. The van der Waals surface area contributed by atoms with Gasteiger partial charge in [-0.2, -0.15) is 0 Å². The van der Waals surface area contributed by atoms with Gasteiger partial charge >= 0.3 is 0 Å². The van der Waals surface area contributed by atoms with Crippen LogP contribution in [0, 0.1) is 0 Å². The van der Waals surface area contributed by atoms with E-state index in [9.17, 15) is 4.79 Å². The third kappa shape index (κ3) is 5.14. The maximum Gasteiger partial charge on any atom is 0.234 e. The largest absolute Gasteiger partial charge is 0.455 e. The zero-order valence-corrected chi connectivity index (χ0v) is 16.8. The number of rotatable bonds is 7. The van der Waals surface area contributed by atoms with Crippen molar-refractivity contribution < 1.29 is 9.53 Å². The Hall–Kier alpha value is -2.87. The minimum Gasteiger partial charge on any atom is -0.455 e. The van der Waals surface area contributed by atoms with Gasteiger partial charge in [-0.15, -0.1) is 5.10 Å². The molecule has 0 radical (unpaired) electrons. The van der Waals surface area contributed by atoms with E-state index in [-0.39, 0.29) is 11.7 Å². The van der Waals surface area contributed by atoms with Crippen LogP contribution in [0.5, 0.6) is 11.5 Å². The highest BCUT2D eigenvalue weighted by atomic mass is 32.2. The number of tetrazole rings is 1. The number of nitrogens with zero attached hydrogens (tertiary/aromatic N) is 4. The van der Waals surface area contributed by atoms with E-state index in [1.807, 2.05) is 59.3 Å². The fourth-order valence-corrected chi connectivity index (χ4v) is 4.17. The minimum atomic E-state index is -0.127. The molecule has 1 amide bonds. The average Bonchev–Trinajstić information content (AvgIpc) is 3.24. The first-order valence-corrected chi connectivity index (χ1v) is 10.8. The van der Waals surface area contributed by atoms with Crippen molar-refractivity contribution in [2.75, 3.05) is 11.1 Å². The number of ether oxygens (including phenoxy) is 1. The molecule has 7 nitrogen and oxygen atoms in total. The molecular weight excluding hydrogens is 386 g/mol. The number of amides is 1. The summed E-state index contributed by atoms with van der Waals surface area (Å²) in [6.07, 6.45) is 5.86. The second-order valence-corrected chi connectivity index (χ2v) is 7.89. The first-order chi connectivity index (χ1) is 14.3. The van der Waals surface area contributed by atoms with Gasteiger partial charge in [-0.05, 0) is 47.5 Å². The number of para-hydroxylation sites is 3. The summed E-state index contributed by atoms with van der Waals surface area (Å²) in [5.74, 6) is 1.42. The number of hydrogen-bond donors (Lipinski definition) is 1. The first kappa shape index (κ1) is 19.4. The number of thioether (sulfide) groups is 1. The van der Waals surface area contributed by atoms with Crippen LogP contribution in [0.1, 0.15) is 38.1 Å². The SMILES string of the molecule is O=C(CSc1nnnn1C1CCCCC1)Nc1ccccc1Oc1ccccc1. The number of carbonyl (C=O) groups excluding carboxylic acids is 1. The van der Waals surface area contributed by atoms with Gasteiger partial charge < -0.3 is 10.1 Å². The average molecular weight is 410 g/mol. The number of anilines is 1. The molecule has 0 aliphatic heterocycles. The zero-order valence-electron chi connectivity index (χ0n) is 16.0. The topological polar surface area (TPSA) is 81.9 Å². The Balaban J connectivity index is 1.37. The smallest absolute Gasteiger partial charge is 0.234 e. The number of aromatic nitrogens is 4. The number of benzene rings is 2. The Morgan fingerprint density at radius 2 is 1.83 bits per heavy atom. The van der Waals surface area contributed by atoms with Crippen LogP contribution in [-0.4, -0.2) is 31.9 Å². The number of hydrogen-bond acceptors (Lipinski definition) is 6. The fourth-order valence-electron chi connectivity index (χ4n) is 3.43. The lowest BCUT2D eigenvalue weighted by molar-refractivity contribution is -0.113. The third-order valence-corrected chi connectivity index (χ3v) is 5.78. The Labute approximate surface area is 173 Å². The molecule has 0 spiro atoms. The second-order valence-electron chi connectivity index (χ2n) is 6.95.